The number of aliphatic imine (C=N–C) groups is 1. The Labute approximate surface area is 182 Å². The van der Waals surface area contributed by atoms with Crippen LogP contribution in [0.5, 0.6) is 5.75 Å². The van der Waals surface area contributed by atoms with Crippen molar-refractivity contribution in [3.05, 3.63) is 53.6 Å². The molecular formula is C18H23ClIN3O3S. The minimum atomic E-state index is -3.55. The monoisotopic (exact) mass is 523 g/mol. The summed E-state index contributed by atoms with van der Waals surface area (Å²) in [6.07, 6.45) is 0. The minimum absolute atomic E-state index is 0. The number of amidine groups is 1. The molecule has 0 aliphatic carbocycles. The van der Waals surface area contributed by atoms with E-state index in [0.29, 0.717) is 11.6 Å². The van der Waals surface area contributed by atoms with Gasteiger partial charge in [0.2, 0.25) is 10.0 Å². The first-order valence-corrected chi connectivity index (χ1v) is 9.83. The largest absolute Gasteiger partial charge is 0.497 e. The highest BCUT2D eigenvalue weighted by Crippen LogP contribution is 2.18. The van der Waals surface area contributed by atoms with Gasteiger partial charge in [0, 0.05) is 25.2 Å². The van der Waals surface area contributed by atoms with Crippen molar-refractivity contribution in [3.8, 4) is 5.75 Å². The molecule has 0 unspecified atom stereocenters. The zero-order valence-electron chi connectivity index (χ0n) is 15.3. The molecule has 0 aliphatic rings. The molecule has 0 radical (unpaired) electrons. The molecule has 6 nitrogen and oxygen atoms in total. The number of halogens is 2. The van der Waals surface area contributed by atoms with E-state index in [9.17, 15) is 8.42 Å². The number of benzene rings is 2. The van der Waals surface area contributed by atoms with E-state index < -0.39 is 10.0 Å². The first-order chi connectivity index (χ1) is 12.3. The molecule has 148 valence electrons. The van der Waals surface area contributed by atoms with Crippen molar-refractivity contribution in [2.45, 2.75) is 11.8 Å². The SMILES string of the molecule is COc1ccc(N=C(C)N(C)CCNS(=O)(=O)c2ccc(Cl)cc2)cc1.I. The highest BCUT2D eigenvalue weighted by Gasteiger charge is 2.13. The fourth-order valence-corrected chi connectivity index (χ4v) is 3.28. The van der Waals surface area contributed by atoms with Gasteiger partial charge < -0.3 is 9.64 Å². The Kier molecular flexibility index (Phi) is 9.51. The van der Waals surface area contributed by atoms with Crippen LogP contribution in [0.15, 0.2) is 58.4 Å². The van der Waals surface area contributed by atoms with E-state index in [1.165, 1.54) is 12.1 Å². The van der Waals surface area contributed by atoms with Gasteiger partial charge in [-0.3, -0.25) is 0 Å². The summed E-state index contributed by atoms with van der Waals surface area (Å²) in [5, 5.41) is 0.494. The molecule has 27 heavy (non-hydrogen) atoms. The summed E-state index contributed by atoms with van der Waals surface area (Å²) in [4.78, 5) is 6.58. The zero-order chi connectivity index (χ0) is 19.2. The summed E-state index contributed by atoms with van der Waals surface area (Å²) >= 11 is 5.78. The average Bonchev–Trinajstić information content (AvgIpc) is 2.62. The van der Waals surface area contributed by atoms with Crippen LogP contribution < -0.4 is 9.46 Å². The van der Waals surface area contributed by atoms with Crippen LogP contribution in [0.25, 0.3) is 0 Å². The van der Waals surface area contributed by atoms with Gasteiger partial charge in [0.05, 0.1) is 17.7 Å². The van der Waals surface area contributed by atoms with Gasteiger partial charge >= 0.3 is 0 Å². The maximum atomic E-state index is 12.2. The van der Waals surface area contributed by atoms with Crippen molar-refractivity contribution in [1.29, 1.82) is 0 Å². The topological polar surface area (TPSA) is 71.0 Å². The van der Waals surface area contributed by atoms with E-state index in [-0.39, 0.29) is 35.4 Å². The molecule has 0 atom stereocenters. The number of ether oxygens (including phenoxy) is 1. The Morgan fingerprint density at radius 2 is 1.74 bits per heavy atom. The molecule has 1 N–H and O–H groups in total. The molecule has 0 spiro atoms. The molecule has 0 bridgehead atoms. The molecule has 0 aromatic heterocycles. The first kappa shape index (κ1) is 23.7. The van der Waals surface area contributed by atoms with Crippen LogP contribution >= 0.6 is 35.6 Å². The fourth-order valence-electron chi connectivity index (χ4n) is 2.14. The Balaban J connectivity index is 0.00000364. The fraction of sp³-hybridized carbons (Fsp3) is 0.278. The van der Waals surface area contributed by atoms with Gasteiger partial charge in [0.15, 0.2) is 0 Å². The van der Waals surface area contributed by atoms with Crippen molar-refractivity contribution in [2.24, 2.45) is 4.99 Å². The minimum Gasteiger partial charge on any atom is -0.497 e. The molecule has 2 aromatic rings. The average molecular weight is 524 g/mol. The number of sulfonamides is 1. The summed E-state index contributed by atoms with van der Waals surface area (Å²) in [7, 11) is -0.0805. The van der Waals surface area contributed by atoms with Gasteiger partial charge in [-0.1, -0.05) is 11.6 Å². The molecule has 0 saturated carbocycles. The smallest absolute Gasteiger partial charge is 0.240 e. The van der Waals surface area contributed by atoms with E-state index in [2.05, 4.69) is 9.71 Å². The third kappa shape index (κ3) is 7.28. The van der Waals surface area contributed by atoms with Gasteiger partial charge in [-0.05, 0) is 55.5 Å². The van der Waals surface area contributed by atoms with Gasteiger partial charge in [-0.25, -0.2) is 18.1 Å². The highest BCUT2D eigenvalue weighted by atomic mass is 127. The second-order valence-electron chi connectivity index (χ2n) is 5.63. The van der Waals surface area contributed by atoms with Crippen molar-refractivity contribution >= 4 is 57.1 Å². The van der Waals surface area contributed by atoms with E-state index in [1.54, 1.807) is 19.2 Å². The van der Waals surface area contributed by atoms with Crippen molar-refractivity contribution < 1.29 is 13.2 Å². The summed E-state index contributed by atoms with van der Waals surface area (Å²) < 4.78 is 32.2. The lowest BCUT2D eigenvalue weighted by atomic mass is 10.3. The summed E-state index contributed by atoms with van der Waals surface area (Å²) in [6, 6.07) is 13.5. The van der Waals surface area contributed by atoms with Crippen molar-refractivity contribution in [2.75, 3.05) is 27.2 Å². The van der Waals surface area contributed by atoms with E-state index >= 15 is 0 Å². The van der Waals surface area contributed by atoms with Gasteiger partial charge in [-0.15, -0.1) is 24.0 Å². The van der Waals surface area contributed by atoms with Gasteiger partial charge in [-0.2, -0.15) is 0 Å². The number of nitrogens with one attached hydrogen (secondary N) is 1. The normalized spacial score (nSPS) is 11.6. The first-order valence-electron chi connectivity index (χ1n) is 7.97. The third-order valence-electron chi connectivity index (χ3n) is 3.78. The van der Waals surface area contributed by atoms with E-state index in [4.69, 9.17) is 16.3 Å². The molecule has 0 aliphatic heterocycles. The number of methoxy groups -OCH3 is 1. The van der Waals surface area contributed by atoms with Crippen LogP contribution in [0.3, 0.4) is 0 Å². The summed E-state index contributed by atoms with van der Waals surface area (Å²) in [5.41, 5.74) is 0.803. The Morgan fingerprint density at radius 3 is 2.30 bits per heavy atom. The van der Waals surface area contributed by atoms with Crippen LogP contribution in [0.4, 0.5) is 5.69 Å². The number of hydrogen-bond donors (Lipinski definition) is 1. The summed E-state index contributed by atoms with van der Waals surface area (Å²) in [5.74, 6) is 1.55. The molecule has 0 heterocycles. The molecule has 0 saturated heterocycles. The van der Waals surface area contributed by atoms with E-state index in [0.717, 1.165) is 17.3 Å². The number of rotatable bonds is 7. The number of nitrogens with zero attached hydrogens (tertiary/aromatic N) is 2. The predicted octanol–water partition coefficient (Wildman–Crippen LogP) is 3.93. The van der Waals surface area contributed by atoms with Gasteiger partial charge in [0.1, 0.15) is 11.6 Å². The standard InChI is InChI=1S/C18H22ClN3O3S.HI/c1-14(21-16-6-8-17(25-3)9-7-16)22(2)13-12-20-26(23,24)18-10-4-15(19)5-11-18;/h4-11,20H,12-13H2,1-3H3;1H. The van der Waals surface area contributed by atoms with E-state index in [1.807, 2.05) is 43.1 Å². The van der Waals surface area contributed by atoms with Crippen LogP contribution in [-0.4, -0.2) is 46.4 Å². The quantitative estimate of drug-likeness (QED) is 0.339. The Hall–Kier alpha value is -1.36. The van der Waals surface area contributed by atoms with Gasteiger partial charge in [0.25, 0.3) is 0 Å². The van der Waals surface area contributed by atoms with Crippen LogP contribution in [-0.2, 0) is 10.0 Å². The molecule has 0 fully saturated rings. The zero-order valence-corrected chi connectivity index (χ0v) is 19.2. The summed E-state index contributed by atoms with van der Waals surface area (Å²) in [6.45, 7) is 2.62. The van der Waals surface area contributed by atoms with Crippen molar-refractivity contribution in [3.63, 3.8) is 0 Å². The van der Waals surface area contributed by atoms with Crippen LogP contribution in [0.1, 0.15) is 6.92 Å². The Bertz CT molecular complexity index is 856. The number of likely N-dealkylation sites (N-methyl/N-ethyl adjacent to an activating group) is 1. The third-order valence-corrected chi connectivity index (χ3v) is 5.51. The highest BCUT2D eigenvalue weighted by molar-refractivity contribution is 14.0. The number of hydrogen-bond acceptors (Lipinski definition) is 4. The molecular weight excluding hydrogens is 501 g/mol. The lowest BCUT2D eigenvalue weighted by Gasteiger charge is -2.19. The van der Waals surface area contributed by atoms with Crippen LogP contribution in [0.2, 0.25) is 5.02 Å². The Morgan fingerprint density at radius 1 is 1.15 bits per heavy atom. The predicted molar refractivity (Wildman–Crippen MR) is 120 cm³/mol. The lowest BCUT2D eigenvalue weighted by Crippen LogP contribution is -2.35. The maximum absolute atomic E-state index is 12.2. The molecule has 0 amide bonds. The maximum Gasteiger partial charge on any atom is 0.240 e. The molecule has 2 rings (SSSR count). The second-order valence-corrected chi connectivity index (χ2v) is 7.83. The lowest BCUT2D eigenvalue weighted by molar-refractivity contribution is 0.415. The molecule has 2 aromatic carbocycles. The van der Waals surface area contributed by atoms with Crippen LogP contribution in [0, 0.1) is 0 Å². The van der Waals surface area contributed by atoms with Crippen molar-refractivity contribution in [1.82, 2.24) is 9.62 Å². The second kappa shape index (κ2) is 10.8. The molecule has 9 heteroatoms.